The first-order valence-electron chi connectivity index (χ1n) is 7.04. The molecule has 1 aromatic heterocycles. The van der Waals surface area contributed by atoms with Gasteiger partial charge in [-0.1, -0.05) is 30.3 Å². The number of benzene rings is 1. The number of carbonyl (C=O) groups is 1. The van der Waals surface area contributed by atoms with Gasteiger partial charge in [0.1, 0.15) is 0 Å². The maximum absolute atomic E-state index is 11.3. The molecule has 21 heavy (non-hydrogen) atoms. The Balaban J connectivity index is 1.73. The van der Waals surface area contributed by atoms with Gasteiger partial charge in [-0.15, -0.1) is 11.3 Å². The van der Waals surface area contributed by atoms with Gasteiger partial charge in [-0.05, 0) is 6.42 Å². The van der Waals surface area contributed by atoms with E-state index < -0.39 is 0 Å². The molecule has 2 heterocycles. The van der Waals surface area contributed by atoms with E-state index in [1.807, 2.05) is 18.2 Å². The molecule has 110 valence electrons. The SMILES string of the molecule is NC(=O)N1CCCN(c2nc(-c3ccccc3)cs2)CC1. The molecule has 1 fully saturated rings. The maximum Gasteiger partial charge on any atom is 0.314 e. The van der Waals surface area contributed by atoms with Crippen molar-refractivity contribution in [2.45, 2.75) is 6.42 Å². The quantitative estimate of drug-likeness (QED) is 0.926. The zero-order chi connectivity index (χ0) is 14.7. The Hall–Kier alpha value is -2.08. The van der Waals surface area contributed by atoms with E-state index in [1.54, 1.807) is 16.2 Å². The van der Waals surface area contributed by atoms with Crippen LogP contribution in [0, 0.1) is 0 Å². The fourth-order valence-corrected chi connectivity index (χ4v) is 3.37. The molecule has 0 spiro atoms. The Morgan fingerprint density at radius 3 is 2.71 bits per heavy atom. The van der Waals surface area contributed by atoms with Crippen LogP contribution < -0.4 is 10.6 Å². The summed E-state index contributed by atoms with van der Waals surface area (Å²) in [7, 11) is 0. The predicted octanol–water partition coefficient (Wildman–Crippen LogP) is 2.40. The smallest absolute Gasteiger partial charge is 0.314 e. The standard InChI is InChI=1S/C15H18N4OS/c16-14(20)18-7-4-8-19(10-9-18)15-17-13(11-21-15)12-5-2-1-3-6-12/h1-3,5-6,11H,4,7-10H2,(H2,16,20). The maximum atomic E-state index is 11.3. The van der Waals surface area contributed by atoms with Crippen molar-refractivity contribution >= 4 is 22.5 Å². The number of amides is 2. The predicted molar refractivity (Wildman–Crippen MR) is 85.5 cm³/mol. The lowest BCUT2D eigenvalue weighted by Crippen LogP contribution is -2.38. The summed E-state index contributed by atoms with van der Waals surface area (Å²) < 4.78 is 0. The molecule has 1 aromatic carbocycles. The first kappa shape index (κ1) is 13.9. The lowest BCUT2D eigenvalue weighted by Gasteiger charge is -2.20. The summed E-state index contributed by atoms with van der Waals surface area (Å²) >= 11 is 1.65. The van der Waals surface area contributed by atoms with Gasteiger partial charge in [0.05, 0.1) is 5.69 Å². The molecule has 2 aromatic rings. The number of hydrogen-bond acceptors (Lipinski definition) is 4. The first-order valence-corrected chi connectivity index (χ1v) is 7.92. The van der Waals surface area contributed by atoms with Crippen LogP contribution in [0.5, 0.6) is 0 Å². The van der Waals surface area contributed by atoms with E-state index >= 15 is 0 Å². The third-order valence-corrected chi connectivity index (χ3v) is 4.54. The van der Waals surface area contributed by atoms with E-state index in [1.165, 1.54) is 0 Å². The van der Waals surface area contributed by atoms with E-state index in [9.17, 15) is 4.79 Å². The van der Waals surface area contributed by atoms with Crippen LogP contribution in [0.3, 0.4) is 0 Å². The normalized spacial score (nSPS) is 15.8. The van der Waals surface area contributed by atoms with Crippen molar-refractivity contribution in [3.8, 4) is 11.3 Å². The highest BCUT2D eigenvalue weighted by atomic mass is 32.1. The fourth-order valence-electron chi connectivity index (χ4n) is 2.48. The molecule has 0 radical (unpaired) electrons. The van der Waals surface area contributed by atoms with Crippen molar-refractivity contribution in [1.29, 1.82) is 0 Å². The minimum absolute atomic E-state index is 0.332. The minimum atomic E-state index is -0.332. The molecule has 6 heteroatoms. The molecule has 0 aliphatic carbocycles. The summed E-state index contributed by atoms with van der Waals surface area (Å²) in [6.45, 7) is 3.08. The molecule has 0 unspecified atom stereocenters. The number of urea groups is 1. The summed E-state index contributed by atoms with van der Waals surface area (Å²) in [5, 5.41) is 3.10. The molecule has 1 aliphatic heterocycles. The van der Waals surface area contributed by atoms with Crippen molar-refractivity contribution in [1.82, 2.24) is 9.88 Å². The molecule has 5 nitrogen and oxygen atoms in total. The van der Waals surface area contributed by atoms with Gasteiger partial charge in [0.2, 0.25) is 0 Å². The van der Waals surface area contributed by atoms with Gasteiger partial charge < -0.3 is 15.5 Å². The number of thiazole rings is 1. The lowest BCUT2D eigenvalue weighted by molar-refractivity contribution is 0.211. The highest BCUT2D eigenvalue weighted by Crippen LogP contribution is 2.27. The minimum Gasteiger partial charge on any atom is -0.351 e. The highest BCUT2D eigenvalue weighted by molar-refractivity contribution is 7.14. The molecule has 1 aliphatic rings. The summed E-state index contributed by atoms with van der Waals surface area (Å²) in [5.74, 6) is 0. The Labute approximate surface area is 128 Å². The van der Waals surface area contributed by atoms with Crippen LogP contribution in [0.2, 0.25) is 0 Å². The van der Waals surface area contributed by atoms with Gasteiger partial charge >= 0.3 is 6.03 Å². The Kier molecular flexibility index (Phi) is 4.06. The second kappa shape index (κ2) is 6.13. The molecule has 3 rings (SSSR count). The Bertz CT molecular complexity index is 613. The van der Waals surface area contributed by atoms with Gasteiger partial charge in [-0.25, -0.2) is 9.78 Å². The van der Waals surface area contributed by atoms with Crippen LogP contribution >= 0.6 is 11.3 Å². The molecule has 1 saturated heterocycles. The van der Waals surface area contributed by atoms with Gasteiger partial charge in [0.15, 0.2) is 5.13 Å². The number of hydrogen-bond donors (Lipinski definition) is 1. The van der Waals surface area contributed by atoms with Crippen LogP contribution in [0.25, 0.3) is 11.3 Å². The van der Waals surface area contributed by atoms with Crippen molar-refractivity contribution in [2.24, 2.45) is 5.73 Å². The molecular formula is C15H18N4OS. The van der Waals surface area contributed by atoms with Crippen molar-refractivity contribution in [2.75, 3.05) is 31.1 Å². The third-order valence-electron chi connectivity index (χ3n) is 3.64. The number of carbonyl (C=O) groups excluding carboxylic acids is 1. The first-order chi connectivity index (χ1) is 10.2. The molecule has 2 N–H and O–H groups in total. The Morgan fingerprint density at radius 1 is 1.14 bits per heavy atom. The number of aromatic nitrogens is 1. The van der Waals surface area contributed by atoms with Gasteiger partial charge in [-0.2, -0.15) is 0 Å². The number of nitrogens with zero attached hydrogens (tertiary/aromatic N) is 3. The van der Waals surface area contributed by atoms with Gasteiger partial charge in [-0.3, -0.25) is 0 Å². The largest absolute Gasteiger partial charge is 0.351 e. The van der Waals surface area contributed by atoms with Crippen LogP contribution in [0.4, 0.5) is 9.93 Å². The van der Waals surface area contributed by atoms with Crippen LogP contribution in [-0.2, 0) is 0 Å². The molecule has 0 saturated carbocycles. The van der Waals surface area contributed by atoms with Crippen molar-refractivity contribution in [3.63, 3.8) is 0 Å². The third kappa shape index (κ3) is 3.16. The number of anilines is 1. The van der Waals surface area contributed by atoms with E-state index in [4.69, 9.17) is 10.7 Å². The number of nitrogens with two attached hydrogens (primary N) is 1. The van der Waals surface area contributed by atoms with Crippen LogP contribution in [-0.4, -0.2) is 42.1 Å². The van der Waals surface area contributed by atoms with E-state index in [0.717, 1.165) is 42.4 Å². The number of rotatable bonds is 2. The average molecular weight is 302 g/mol. The number of primary amides is 1. The van der Waals surface area contributed by atoms with Crippen molar-refractivity contribution < 1.29 is 4.79 Å². The molecular weight excluding hydrogens is 284 g/mol. The van der Waals surface area contributed by atoms with Crippen LogP contribution in [0.15, 0.2) is 35.7 Å². The van der Waals surface area contributed by atoms with Gasteiger partial charge in [0.25, 0.3) is 0 Å². The van der Waals surface area contributed by atoms with E-state index in [-0.39, 0.29) is 6.03 Å². The average Bonchev–Trinajstić information content (AvgIpc) is 2.86. The zero-order valence-electron chi connectivity index (χ0n) is 11.7. The lowest BCUT2D eigenvalue weighted by atomic mass is 10.2. The fraction of sp³-hybridized carbons (Fsp3) is 0.333. The zero-order valence-corrected chi connectivity index (χ0v) is 12.6. The summed E-state index contributed by atoms with van der Waals surface area (Å²) in [6.07, 6.45) is 0.920. The molecule has 0 bridgehead atoms. The second-order valence-electron chi connectivity index (χ2n) is 5.05. The topological polar surface area (TPSA) is 62.5 Å². The molecule has 2 amide bonds. The Morgan fingerprint density at radius 2 is 1.95 bits per heavy atom. The monoisotopic (exact) mass is 302 g/mol. The summed E-state index contributed by atoms with van der Waals surface area (Å²) in [4.78, 5) is 19.9. The summed E-state index contributed by atoms with van der Waals surface area (Å²) in [5.41, 5.74) is 7.50. The van der Waals surface area contributed by atoms with Crippen LogP contribution in [0.1, 0.15) is 6.42 Å². The molecule has 0 atom stereocenters. The van der Waals surface area contributed by atoms with E-state index in [2.05, 4.69) is 22.4 Å². The highest BCUT2D eigenvalue weighted by Gasteiger charge is 2.19. The van der Waals surface area contributed by atoms with E-state index in [0.29, 0.717) is 6.54 Å². The second-order valence-corrected chi connectivity index (χ2v) is 5.88. The van der Waals surface area contributed by atoms with Crippen molar-refractivity contribution in [3.05, 3.63) is 35.7 Å². The van der Waals surface area contributed by atoms with Gasteiger partial charge in [0, 0.05) is 37.1 Å². The summed E-state index contributed by atoms with van der Waals surface area (Å²) in [6, 6.07) is 9.84.